The van der Waals surface area contributed by atoms with Gasteiger partial charge in [-0.1, -0.05) is 30.3 Å². The normalized spacial score (nSPS) is 25.2. The molecule has 0 N–H and O–H groups in total. The second kappa shape index (κ2) is 7.29. The average Bonchev–Trinajstić information content (AvgIpc) is 3.27. The van der Waals surface area contributed by atoms with Gasteiger partial charge in [-0.05, 0) is 37.5 Å². The highest BCUT2D eigenvalue weighted by atomic mass is 32.2. The maximum atomic E-state index is 13.2. The lowest BCUT2D eigenvalue weighted by molar-refractivity contribution is 0.0708. The molecule has 1 aromatic heterocycles. The number of sulfonamides is 1. The largest absolute Gasteiger partial charge is 0.331 e. The van der Waals surface area contributed by atoms with Crippen molar-refractivity contribution in [1.82, 2.24) is 14.2 Å². The van der Waals surface area contributed by atoms with Gasteiger partial charge in [0.15, 0.2) is 0 Å². The van der Waals surface area contributed by atoms with Gasteiger partial charge in [-0.15, -0.1) is 0 Å². The van der Waals surface area contributed by atoms with Gasteiger partial charge in [0, 0.05) is 37.9 Å². The van der Waals surface area contributed by atoms with Gasteiger partial charge in [0.05, 0.1) is 16.9 Å². The number of rotatable bonds is 4. The Hall–Kier alpha value is -2.25. The Morgan fingerprint density at radius 2 is 1.82 bits per heavy atom. The molecule has 4 rings (SSSR count). The molecule has 7 heteroatoms. The lowest BCUT2D eigenvalue weighted by Gasteiger charge is -2.30. The molecular weight excluding hydrogens is 374 g/mol. The number of carbonyl (C=O) groups is 1. The zero-order valence-corrected chi connectivity index (χ0v) is 16.9. The van der Waals surface area contributed by atoms with Crippen molar-refractivity contribution >= 4 is 15.9 Å². The van der Waals surface area contributed by atoms with Crippen molar-refractivity contribution in [2.24, 2.45) is 11.8 Å². The molecule has 6 nitrogen and oxygen atoms in total. The molecule has 0 aliphatic carbocycles. The molecule has 2 aliphatic rings. The van der Waals surface area contributed by atoms with Crippen LogP contribution >= 0.6 is 0 Å². The minimum atomic E-state index is -3.29. The third kappa shape index (κ3) is 3.22. The molecule has 3 heterocycles. The smallest absolute Gasteiger partial charge is 0.255 e. The molecule has 0 saturated carbocycles. The van der Waals surface area contributed by atoms with Crippen LogP contribution < -0.4 is 0 Å². The predicted octanol–water partition coefficient (Wildman–Crippen LogP) is 2.56. The quantitative estimate of drug-likeness (QED) is 0.792. The van der Waals surface area contributed by atoms with Crippen LogP contribution in [-0.4, -0.2) is 53.4 Å². The van der Waals surface area contributed by atoms with Crippen molar-refractivity contribution in [2.45, 2.75) is 25.1 Å². The molecule has 28 heavy (non-hydrogen) atoms. The maximum Gasteiger partial charge on any atom is 0.255 e. The SMILES string of the molecule is CC(C)S(=O)(=O)N1C[C@H]2CN(C(=O)c3cccnc3)[C@H](c3ccccc3)[C@H]2C1. The number of benzene rings is 1. The van der Waals surface area contributed by atoms with Crippen molar-refractivity contribution in [3.05, 3.63) is 66.0 Å². The summed E-state index contributed by atoms with van der Waals surface area (Å²) in [6.07, 6.45) is 3.24. The highest BCUT2D eigenvalue weighted by Gasteiger charge is 2.51. The van der Waals surface area contributed by atoms with Crippen LogP contribution in [0.1, 0.15) is 35.8 Å². The number of hydrogen-bond donors (Lipinski definition) is 0. The van der Waals surface area contributed by atoms with Crippen LogP contribution in [0.5, 0.6) is 0 Å². The zero-order chi connectivity index (χ0) is 19.9. The maximum absolute atomic E-state index is 13.2. The van der Waals surface area contributed by atoms with Crippen molar-refractivity contribution < 1.29 is 13.2 Å². The molecular formula is C21H25N3O3S. The summed E-state index contributed by atoms with van der Waals surface area (Å²) in [5.74, 6) is 0.186. The molecule has 2 saturated heterocycles. The van der Waals surface area contributed by atoms with Crippen LogP contribution in [0.25, 0.3) is 0 Å². The number of nitrogens with zero attached hydrogens (tertiary/aromatic N) is 3. The molecule has 0 bridgehead atoms. The van der Waals surface area contributed by atoms with E-state index >= 15 is 0 Å². The Labute approximate surface area is 166 Å². The Balaban J connectivity index is 1.67. The lowest BCUT2D eigenvalue weighted by atomic mass is 9.89. The van der Waals surface area contributed by atoms with Crippen LogP contribution in [0.4, 0.5) is 0 Å². The van der Waals surface area contributed by atoms with E-state index in [4.69, 9.17) is 0 Å². The average molecular weight is 400 g/mol. The number of carbonyl (C=O) groups excluding carboxylic acids is 1. The van der Waals surface area contributed by atoms with E-state index < -0.39 is 15.3 Å². The van der Waals surface area contributed by atoms with E-state index in [2.05, 4.69) is 4.98 Å². The van der Waals surface area contributed by atoms with Gasteiger partial charge in [0.1, 0.15) is 0 Å². The van der Waals surface area contributed by atoms with Gasteiger partial charge < -0.3 is 4.90 Å². The van der Waals surface area contributed by atoms with Gasteiger partial charge >= 0.3 is 0 Å². The Morgan fingerprint density at radius 1 is 1.07 bits per heavy atom. The summed E-state index contributed by atoms with van der Waals surface area (Å²) in [4.78, 5) is 19.2. The van der Waals surface area contributed by atoms with Crippen molar-refractivity contribution in [1.29, 1.82) is 0 Å². The van der Waals surface area contributed by atoms with Gasteiger partial charge in [0.2, 0.25) is 10.0 Å². The molecule has 148 valence electrons. The summed E-state index contributed by atoms with van der Waals surface area (Å²) in [5, 5.41) is -0.436. The molecule has 0 spiro atoms. The van der Waals surface area contributed by atoms with E-state index in [1.54, 1.807) is 42.7 Å². The first-order chi connectivity index (χ1) is 13.4. The van der Waals surface area contributed by atoms with Crippen LogP contribution in [0.3, 0.4) is 0 Å². The molecule has 2 fully saturated rings. The summed E-state index contributed by atoms with van der Waals surface area (Å²) in [6, 6.07) is 13.3. The fraction of sp³-hybridized carbons (Fsp3) is 0.429. The van der Waals surface area contributed by atoms with Gasteiger partial charge in [-0.2, -0.15) is 0 Å². The number of fused-ring (bicyclic) bond motifs is 1. The summed E-state index contributed by atoms with van der Waals surface area (Å²) in [5.41, 5.74) is 1.62. The summed E-state index contributed by atoms with van der Waals surface area (Å²) < 4.78 is 27.0. The number of pyridine rings is 1. The number of aromatic nitrogens is 1. The van der Waals surface area contributed by atoms with E-state index in [1.807, 2.05) is 35.2 Å². The molecule has 2 aliphatic heterocycles. The predicted molar refractivity (Wildman–Crippen MR) is 107 cm³/mol. The Kier molecular flexibility index (Phi) is 4.97. The standard InChI is InChI=1S/C21H25N3O3S/c1-15(2)28(26,27)23-12-18-13-24(21(25)17-9-6-10-22-11-17)20(19(18)14-23)16-7-4-3-5-8-16/h3-11,15,18-20H,12-14H2,1-2H3/t18-,19-,20+/m0/s1. The van der Waals surface area contributed by atoms with Gasteiger partial charge in [0.25, 0.3) is 5.91 Å². The first-order valence-corrected chi connectivity index (χ1v) is 11.1. The molecule has 1 aromatic carbocycles. The fourth-order valence-corrected chi connectivity index (χ4v) is 5.83. The second-order valence-electron chi connectivity index (χ2n) is 7.89. The number of likely N-dealkylation sites (tertiary alicyclic amines) is 1. The summed E-state index contributed by atoms with van der Waals surface area (Å²) >= 11 is 0. The molecule has 3 atom stereocenters. The van der Waals surface area contributed by atoms with E-state index in [0.717, 1.165) is 5.56 Å². The molecule has 0 radical (unpaired) electrons. The minimum Gasteiger partial charge on any atom is -0.331 e. The Morgan fingerprint density at radius 3 is 2.46 bits per heavy atom. The first kappa shape index (κ1) is 19.1. The highest BCUT2D eigenvalue weighted by molar-refractivity contribution is 7.89. The van der Waals surface area contributed by atoms with E-state index in [9.17, 15) is 13.2 Å². The molecule has 2 aromatic rings. The van der Waals surface area contributed by atoms with Crippen molar-refractivity contribution in [3.8, 4) is 0 Å². The third-order valence-electron chi connectivity index (χ3n) is 5.90. The third-order valence-corrected chi connectivity index (χ3v) is 8.11. The number of hydrogen-bond acceptors (Lipinski definition) is 4. The lowest BCUT2D eigenvalue weighted by Crippen LogP contribution is -2.39. The molecule has 1 amide bonds. The molecule has 0 unspecified atom stereocenters. The van der Waals surface area contributed by atoms with Crippen LogP contribution in [0.15, 0.2) is 54.9 Å². The minimum absolute atomic E-state index is 0.0466. The van der Waals surface area contributed by atoms with Crippen molar-refractivity contribution in [2.75, 3.05) is 19.6 Å². The fourth-order valence-electron chi connectivity index (χ4n) is 4.45. The van der Waals surface area contributed by atoms with Crippen LogP contribution in [0, 0.1) is 11.8 Å². The van der Waals surface area contributed by atoms with E-state index in [1.165, 1.54) is 0 Å². The van der Waals surface area contributed by atoms with Gasteiger partial charge in [-0.3, -0.25) is 9.78 Å². The Bertz CT molecular complexity index is 947. The zero-order valence-electron chi connectivity index (χ0n) is 16.1. The monoisotopic (exact) mass is 399 g/mol. The van der Waals surface area contributed by atoms with Crippen LogP contribution in [-0.2, 0) is 10.0 Å². The second-order valence-corrected chi connectivity index (χ2v) is 10.4. The van der Waals surface area contributed by atoms with Crippen molar-refractivity contribution in [3.63, 3.8) is 0 Å². The van der Waals surface area contributed by atoms with E-state index in [-0.39, 0.29) is 23.8 Å². The number of amides is 1. The van der Waals surface area contributed by atoms with Crippen LogP contribution in [0.2, 0.25) is 0 Å². The van der Waals surface area contributed by atoms with Gasteiger partial charge in [-0.25, -0.2) is 12.7 Å². The summed E-state index contributed by atoms with van der Waals surface area (Å²) in [6.45, 7) is 4.93. The first-order valence-electron chi connectivity index (χ1n) is 9.64. The summed E-state index contributed by atoms with van der Waals surface area (Å²) in [7, 11) is -3.29. The van der Waals surface area contributed by atoms with E-state index in [0.29, 0.717) is 25.2 Å². The topological polar surface area (TPSA) is 70.6 Å². The highest BCUT2D eigenvalue weighted by Crippen LogP contribution is 2.46.